The third-order valence-corrected chi connectivity index (χ3v) is 18.0. The maximum Gasteiger partial charge on any atom is 0.305 e. The molecule has 0 saturated carbocycles. The smallest absolute Gasteiger partial charge is 0.305 e. The largest absolute Gasteiger partial charge is 0.466 e. The van der Waals surface area contributed by atoms with Gasteiger partial charge in [-0.1, -0.05) is 385 Å². The Bertz CT molecular complexity index is 1300. The number of allylic oxidation sites excluding steroid dienone is 3. The number of hydrogen-bond acceptors (Lipinski definition) is 5. The van der Waals surface area contributed by atoms with Crippen LogP contribution in [0, 0.1) is 0 Å². The molecule has 0 spiro atoms. The third kappa shape index (κ3) is 69.3. The summed E-state index contributed by atoms with van der Waals surface area (Å²) in [4.78, 5) is 24.6. The van der Waals surface area contributed by atoms with Gasteiger partial charge < -0.3 is 20.3 Å². The van der Waals surface area contributed by atoms with Crippen molar-refractivity contribution in [3.63, 3.8) is 0 Å². The number of ether oxygens (including phenoxy) is 1. The maximum atomic E-state index is 12.5. The molecule has 492 valence electrons. The van der Waals surface area contributed by atoms with Gasteiger partial charge in [0.2, 0.25) is 5.91 Å². The summed E-state index contributed by atoms with van der Waals surface area (Å²) in [5.41, 5.74) is 0. The van der Waals surface area contributed by atoms with E-state index in [-0.39, 0.29) is 18.5 Å². The first kappa shape index (κ1) is 81.3. The fraction of sp³-hybridized carbons (Fsp3) is 0.922. The summed E-state index contributed by atoms with van der Waals surface area (Å²) in [6.45, 7) is 4.95. The highest BCUT2D eigenvalue weighted by molar-refractivity contribution is 5.76. The van der Waals surface area contributed by atoms with E-state index in [9.17, 15) is 19.8 Å². The van der Waals surface area contributed by atoms with Crippen molar-refractivity contribution < 1.29 is 24.5 Å². The minimum Gasteiger partial charge on any atom is -0.466 e. The Hall–Kier alpha value is -1.66. The molecule has 0 radical (unpaired) electrons. The first-order chi connectivity index (χ1) is 41.0. The lowest BCUT2D eigenvalue weighted by Gasteiger charge is -2.20. The molecule has 0 heterocycles. The van der Waals surface area contributed by atoms with E-state index < -0.39 is 12.1 Å². The number of rotatable bonds is 72. The number of amides is 1. The van der Waals surface area contributed by atoms with Crippen LogP contribution in [0.3, 0.4) is 0 Å². The van der Waals surface area contributed by atoms with E-state index in [4.69, 9.17) is 4.74 Å². The highest BCUT2D eigenvalue weighted by atomic mass is 16.5. The number of carbonyl (C=O) groups is 2. The topological polar surface area (TPSA) is 95.9 Å². The fourth-order valence-corrected chi connectivity index (χ4v) is 12.2. The second-order valence-corrected chi connectivity index (χ2v) is 26.3. The van der Waals surface area contributed by atoms with Crippen molar-refractivity contribution in [1.82, 2.24) is 5.32 Å². The van der Waals surface area contributed by atoms with E-state index in [1.165, 1.54) is 366 Å². The third-order valence-electron chi connectivity index (χ3n) is 18.0. The molecule has 0 fully saturated rings. The van der Waals surface area contributed by atoms with Crippen molar-refractivity contribution in [3.8, 4) is 0 Å². The van der Waals surface area contributed by atoms with Gasteiger partial charge in [-0.15, -0.1) is 0 Å². The molecule has 6 heteroatoms. The second kappa shape index (κ2) is 72.8. The zero-order chi connectivity index (χ0) is 59.9. The fourth-order valence-electron chi connectivity index (χ4n) is 12.2. The summed E-state index contributed by atoms with van der Waals surface area (Å²) in [6, 6.07) is -0.627. The summed E-state index contributed by atoms with van der Waals surface area (Å²) < 4.78 is 5.48. The van der Waals surface area contributed by atoms with Crippen molar-refractivity contribution in [2.75, 3.05) is 13.2 Å². The summed E-state index contributed by atoms with van der Waals surface area (Å²) in [7, 11) is 0. The second-order valence-electron chi connectivity index (χ2n) is 26.3. The molecule has 0 aliphatic heterocycles. The molecule has 0 aromatic carbocycles. The Kier molecular flexibility index (Phi) is 71.4. The van der Waals surface area contributed by atoms with Crippen molar-refractivity contribution in [2.24, 2.45) is 0 Å². The van der Waals surface area contributed by atoms with Gasteiger partial charge in [0.1, 0.15) is 0 Å². The molecule has 83 heavy (non-hydrogen) atoms. The van der Waals surface area contributed by atoms with Crippen LogP contribution in [-0.4, -0.2) is 47.4 Å². The standard InChI is InChI=1S/C77H149NO5/c1-3-5-7-9-11-13-15-16-17-18-19-20-31-34-37-40-43-46-50-53-57-61-65-69-75(80)74(73-79)78-76(81)70-66-62-58-54-51-47-44-41-38-35-32-29-27-25-23-21-22-24-26-28-30-33-36-39-42-45-48-52-56-60-64-68-72-83-77(82)71-67-63-59-55-49-14-12-10-8-6-4-2/h24,26,65,69,74-75,79-80H,3-23,25,27-64,66-68,70-73H2,1-2H3,(H,78,81)/b26-24-,69-65+. The first-order valence-corrected chi connectivity index (χ1v) is 38.1. The van der Waals surface area contributed by atoms with Crippen molar-refractivity contribution in [3.05, 3.63) is 24.3 Å². The van der Waals surface area contributed by atoms with Gasteiger partial charge in [0.25, 0.3) is 0 Å². The normalized spacial score (nSPS) is 12.6. The van der Waals surface area contributed by atoms with E-state index in [0.717, 1.165) is 38.5 Å². The Morgan fingerprint density at radius 1 is 0.325 bits per heavy atom. The van der Waals surface area contributed by atoms with Gasteiger partial charge in [0.15, 0.2) is 0 Å². The SMILES string of the molecule is CCCCCCCCCCCCCCCCCCCCCCC/C=C/C(O)C(CO)NC(=O)CCCCCCCCCCCCCCCCCC/C=C\CCCCCCCCCCCCCCOC(=O)CCCCCCCCCCCCC. The number of aliphatic hydroxyl groups is 2. The van der Waals surface area contributed by atoms with Crippen LogP contribution in [0.2, 0.25) is 0 Å². The summed E-state index contributed by atoms with van der Waals surface area (Å²) >= 11 is 0. The molecule has 0 aromatic heterocycles. The molecule has 0 aromatic rings. The summed E-state index contributed by atoms with van der Waals surface area (Å²) in [6.07, 6.45) is 92.9. The van der Waals surface area contributed by atoms with Crippen molar-refractivity contribution >= 4 is 11.9 Å². The first-order valence-electron chi connectivity index (χ1n) is 38.1. The van der Waals surface area contributed by atoms with Gasteiger partial charge >= 0.3 is 5.97 Å². The van der Waals surface area contributed by atoms with Crippen LogP contribution < -0.4 is 5.32 Å². The number of esters is 1. The molecule has 1 amide bonds. The lowest BCUT2D eigenvalue weighted by atomic mass is 10.0. The van der Waals surface area contributed by atoms with Gasteiger partial charge in [-0.05, 0) is 57.8 Å². The minimum atomic E-state index is -0.844. The molecule has 2 unspecified atom stereocenters. The van der Waals surface area contributed by atoms with E-state index in [1.807, 2.05) is 6.08 Å². The van der Waals surface area contributed by atoms with Crippen LogP contribution in [0.25, 0.3) is 0 Å². The Morgan fingerprint density at radius 3 is 0.855 bits per heavy atom. The molecular weight excluding hydrogens is 1020 g/mol. The molecule has 6 nitrogen and oxygen atoms in total. The number of hydrogen-bond donors (Lipinski definition) is 3. The molecule has 0 rings (SSSR count). The van der Waals surface area contributed by atoms with Gasteiger partial charge in [-0.25, -0.2) is 0 Å². The highest BCUT2D eigenvalue weighted by Crippen LogP contribution is 2.19. The zero-order valence-corrected chi connectivity index (χ0v) is 56.5. The van der Waals surface area contributed by atoms with Crippen LogP contribution in [0.5, 0.6) is 0 Å². The Labute approximate surface area is 520 Å². The molecule has 3 N–H and O–H groups in total. The zero-order valence-electron chi connectivity index (χ0n) is 56.5. The van der Waals surface area contributed by atoms with Gasteiger partial charge in [-0.2, -0.15) is 0 Å². The van der Waals surface area contributed by atoms with E-state index in [0.29, 0.717) is 19.4 Å². The summed E-state index contributed by atoms with van der Waals surface area (Å²) in [5.74, 6) is -0.0420. The maximum absolute atomic E-state index is 12.5. The number of nitrogens with one attached hydrogen (secondary N) is 1. The van der Waals surface area contributed by atoms with E-state index in [2.05, 4.69) is 31.3 Å². The van der Waals surface area contributed by atoms with Gasteiger partial charge in [0.05, 0.1) is 25.4 Å². The van der Waals surface area contributed by atoms with Gasteiger partial charge in [0, 0.05) is 12.8 Å². The molecular formula is C77H149NO5. The highest BCUT2D eigenvalue weighted by Gasteiger charge is 2.18. The van der Waals surface area contributed by atoms with Crippen LogP contribution in [0.15, 0.2) is 24.3 Å². The summed E-state index contributed by atoms with van der Waals surface area (Å²) in [5, 5.41) is 23.3. The predicted molar refractivity (Wildman–Crippen MR) is 366 cm³/mol. The lowest BCUT2D eigenvalue weighted by molar-refractivity contribution is -0.143. The quantitative estimate of drug-likeness (QED) is 0.0320. The number of unbranched alkanes of at least 4 members (excludes halogenated alkanes) is 59. The lowest BCUT2D eigenvalue weighted by Crippen LogP contribution is -2.45. The van der Waals surface area contributed by atoms with Crippen LogP contribution in [0.4, 0.5) is 0 Å². The number of carbonyl (C=O) groups excluding carboxylic acids is 2. The molecule has 0 saturated heterocycles. The monoisotopic (exact) mass is 1170 g/mol. The van der Waals surface area contributed by atoms with E-state index >= 15 is 0 Å². The van der Waals surface area contributed by atoms with Crippen molar-refractivity contribution in [1.29, 1.82) is 0 Å². The molecule has 2 atom stereocenters. The van der Waals surface area contributed by atoms with Crippen molar-refractivity contribution in [2.45, 2.75) is 443 Å². The van der Waals surface area contributed by atoms with Crippen LogP contribution in [0.1, 0.15) is 431 Å². The number of aliphatic hydroxyl groups excluding tert-OH is 2. The molecule has 0 bridgehead atoms. The Morgan fingerprint density at radius 2 is 0.566 bits per heavy atom. The van der Waals surface area contributed by atoms with Gasteiger partial charge in [-0.3, -0.25) is 9.59 Å². The van der Waals surface area contributed by atoms with E-state index in [1.54, 1.807) is 6.08 Å². The predicted octanol–water partition coefficient (Wildman–Crippen LogP) is 24.9. The average molecular weight is 1170 g/mol. The van der Waals surface area contributed by atoms with Crippen LogP contribution >= 0.6 is 0 Å². The van der Waals surface area contributed by atoms with Crippen LogP contribution in [-0.2, 0) is 14.3 Å². The minimum absolute atomic E-state index is 0.0184. The average Bonchev–Trinajstić information content (AvgIpc) is 3.50. The Balaban J connectivity index is 3.38. The molecule has 0 aliphatic rings. The molecule has 0 aliphatic carbocycles.